The Hall–Kier alpha value is -0.800. The zero-order valence-electron chi connectivity index (χ0n) is 10.1. The Morgan fingerprint density at radius 1 is 1.24 bits per heavy atom. The fourth-order valence-corrected chi connectivity index (χ4v) is 2.27. The Morgan fingerprint density at radius 3 is 2.82 bits per heavy atom. The molecule has 0 amide bonds. The lowest BCUT2D eigenvalue weighted by Gasteiger charge is -2.26. The molecular weight excluding hydrogens is 236 g/mol. The molecule has 1 aromatic rings. The van der Waals surface area contributed by atoms with E-state index >= 15 is 0 Å². The van der Waals surface area contributed by atoms with E-state index in [9.17, 15) is 0 Å². The van der Waals surface area contributed by atoms with Crippen LogP contribution >= 0.6 is 11.6 Å². The van der Waals surface area contributed by atoms with Gasteiger partial charge < -0.3 is 9.64 Å². The van der Waals surface area contributed by atoms with Crippen molar-refractivity contribution in [2.75, 3.05) is 26.2 Å². The summed E-state index contributed by atoms with van der Waals surface area (Å²) in [4.78, 5) is 6.60. The minimum absolute atomic E-state index is 0.485. The van der Waals surface area contributed by atoms with Gasteiger partial charge in [0.2, 0.25) is 5.88 Å². The Balaban J connectivity index is 1.62. The van der Waals surface area contributed by atoms with Gasteiger partial charge in [-0.05, 0) is 38.4 Å². The van der Waals surface area contributed by atoms with Crippen LogP contribution in [0, 0.1) is 0 Å². The molecule has 0 bridgehead atoms. The van der Waals surface area contributed by atoms with Gasteiger partial charge in [0, 0.05) is 12.6 Å². The zero-order valence-corrected chi connectivity index (χ0v) is 10.8. The minimum Gasteiger partial charge on any atom is -0.478 e. The van der Waals surface area contributed by atoms with Crippen molar-refractivity contribution < 1.29 is 4.74 Å². The molecule has 1 saturated heterocycles. The van der Waals surface area contributed by atoms with E-state index in [1.165, 1.54) is 32.4 Å². The monoisotopic (exact) mass is 254 g/mol. The van der Waals surface area contributed by atoms with Gasteiger partial charge in [-0.15, -0.1) is 0 Å². The quantitative estimate of drug-likeness (QED) is 0.597. The summed E-state index contributed by atoms with van der Waals surface area (Å²) in [6, 6.07) is 5.45. The Kier molecular flexibility index (Phi) is 5.08. The van der Waals surface area contributed by atoms with Crippen molar-refractivity contribution in [2.45, 2.75) is 25.7 Å². The van der Waals surface area contributed by atoms with E-state index in [1.54, 1.807) is 6.07 Å². The van der Waals surface area contributed by atoms with E-state index in [1.807, 2.05) is 12.1 Å². The predicted molar refractivity (Wildman–Crippen MR) is 69.7 cm³/mol. The second kappa shape index (κ2) is 6.82. The van der Waals surface area contributed by atoms with Crippen molar-refractivity contribution in [2.24, 2.45) is 0 Å². The van der Waals surface area contributed by atoms with Gasteiger partial charge in [0.05, 0.1) is 6.61 Å². The minimum atomic E-state index is 0.485. The van der Waals surface area contributed by atoms with E-state index in [4.69, 9.17) is 16.3 Å². The van der Waals surface area contributed by atoms with Gasteiger partial charge in [-0.1, -0.05) is 24.1 Å². The highest BCUT2D eigenvalue weighted by Crippen LogP contribution is 2.12. The lowest BCUT2D eigenvalue weighted by molar-refractivity contribution is 0.203. The molecule has 0 atom stereocenters. The van der Waals surface area contributed by atoms with Crippen molar-refractivity contribution in [1.82, 2.24) is 9.88 Å². The molecule has 2 heterocycles. The molecule has 1 aliphatic rings. The molecule has 0 radical (unpaired) electrons. The van der Waals surface area contributed by atoms with Crippen molar-refractivity contribution >= 4 is 11.6 Å². The van der Waals surface area contributed by atoms with Crippen LogP contribution in [0.25, 0.3) is 0 Å². The first-order chi connectivity index (χ1) is 8.34. The van der Waals surface area contributed by atoms with E-state index in [0.29, 0.717) is 17.6 Å². The van der Waals surface area contributed by atoms with Gasteiger partial charge >= 0.3 is 0 Å². The third-order valence-electron chi connectivity index (χ3n) is 3.01. The molecule has 4 heteroatoms. The average molecular weight is 255 g/mol. The lowest BCUT2D eigenvalue weighted by atomic mass is 10.1. The molecule has 0 aromatic carbocycles. The summed E-state index contributed by atoms with van der Waals surface area (Å²) >= 11 is 5.78. The third-order valence-corrected chi connectivity index (χ3v) is 3.22. The molecule has 2 rings (SSSR count). The maximum absolute atomic E-state index is 5.78. The third kappa shape index (κ3) is 4.52. The van der Waals surface area contributed by atoms with Crippen LogP contribution in [0.15, 0.2) is 18.2 Å². The van der Waals surface area contributed by atoms with Crippen LogP contribution < -0.4 is 4.74 Å². The number of hydrogen-bond donors (Lipinski definition) is 0. The van der Waals surface area contributed by atoms with E-state index in [-0.39, 0.29) is 0 Å². The number of ether oxygens (including phenoxy) is 1. The van der Waals surface area contributed by atoms with Crippen LogP contribution in [0.4, 0.5) is 0 Å². The van der Waals surface area contributed by atoms with Crippen LogP contribution in [0.3, 0.4) is 0 Å². The Morgan fingerprint density at radius 2 is 2.06 bits per heavy atom. The fourth-order valence-electron chi connectivity index (χ4n) is 2.12. The molecule has 0 spiro atoms. The van der Waals surface area contributed by atoms with Crippen molar-refractivity contribution in [3.05, 3.63) is 23.4 Å². The standard InChI is InChI=1S/C13H19ClN2O/c14-12-6-4-7-13(15-12)17-11-5-10-16-8-2-1-3-9-16/h4,6-7H,1-3,5,8-11H2. The van der Waals surface area contributed by atoms with E-state index in [0.717, 1.165) is 13.0 Å². The van der Waals surface area contributed by atoms with Crippen molar-refractivity contribution in [3.63, 3.8) is 0 Å². The molecular formula is C13H19ClN2O. The molecule has 1 aliphatic heterocycles. The first-order valence-corrected chi connectivity index (χ1v) is 6.70. The van der Waals surface area contributed by atoms with Gasteiger partial charge in [0.25, 0.3) is 0 Å². The van der Waals surface area contributed by atoms with Crippen molar-refractivity contribution in [3.8, 4) is 5.88 Å². The number of aromatic nitrogens is 1. The number of halogens is 1. The van der Waals surface area contributed by atoms with Crippen LogP contribution in [0.1, 0.15) is 25.7 Å². The van der Waals surface area contributed by atoms with Crippen LogP contribution in [-0.4, -0.2) is 36.1 Å². The van der Waals surface area contributed by atoms with Gasteiger partial charge in [-0.25, -0.2) is 4.98 Å². The second-order valence-electron chi connectivity index (χ2n) is 4.40. The number of pyridine rings is 1. The molecule has 0 aliphatic carbocycles. The Labute approximate surface area is 108 Å². The van der Waals surface area contributed by atoms with Gasteiger partial charge in [0.15, 0.2) is 0 Å². The van der Waals surface area contributed by atoms with Crippen LogP contribution in [0.5, 0.6) is 5.88 Å². The van der Waals surface area contributed by atoms with E-state index < -0.39 is 0 Å². The number of hydrogen-bond acceptors (Lipinski definition) is 3. The fraction of sp³-hybridized carbons (Fsp3) is 0.615. The molecule has 3 nitrogen and oxygen atoms in total. The highest BCUT2D eigenvalue weighted by atomic mass is 35.5. The highest BCUT2D eigenvalue weighted by Gasteiger charge is 2.09. The number of likely N-dealkylation sites (tertiary alicyclic amines) is 1. The van der Waals surface area contributed by atoms with Gasteiger partial charge in [-0.3, -0.25) is 0 Å². The maximum Gasteiger partial charge on any atom is 0.214 e. The normalized spacial score (nSPS) is 17.0. The predicted octanol–water partition coefficient (Wildman–Crippen LogP) is 2.99. The smallest absolute Gasteiger partial charge is 0.214 e. The summed E-state index contributed by atoms with van der Waals surface area (Å²) in [5.74, 6) is 0.621. The van der Waals surface area contributed by atoms with Crippen LogP contribution in [-0.2, 0) is 0 Å². The molecule has 17 heavy (non-hydrogen) atoms. The zero-order chi connectivity index (χ0) is 11.9. The summed E-state index contributed by atoms with van der Waals surface area (Å²) in [5.41, 5.74) is 0. The topological polar surface area (TPSA) is 25.4 Å². The van der Waals surface area contributed by atoms with Gasteiger partial charge in [-0.2, -0.15) is 0 Å². The largest absolute Gasteiger partial charge is 0.478 e. The molecule has 94 valence electrons. The molecule has 0 unspecified atom stereocenters. The highest BCUT2D eigenvalue weighted by molar-refractivity contribution is 6.29. The summed E-state index contributed by atoms with van der Waals surface area (Å²) in [6.45, 7) is 4.33. The molecule has 0 saturated carbocycles. The number of piperidine rings is 1. The molecule has 0 N–H and O–H groups in total. The molecule has 1 fully saturated rings. The number of nitrogens with zero attached hydrogens (tertiary/aromatic N) is 2. The second-order valence-corrected chi connectivity index (χ2v) is 4.79. The first-order valence-electron chi connectivity index (χ1n) is 6.32. The average Bonchev–Trinajstić information content (AvgIpc) is 2.36. The van der Waals surface area contributed by atoms with Crippen molar-refractivity contribution in [1.29, 1.82) is 0 Å². The van der Waals surface area contributed by atoms with Gasteiger partial charge in [0.1, 0.15) is 5.15 Å². The summed E-state index contributed by atoms with van der Waals surface area (Å²) in [6.07, 6.45) is 5.13. The van der Waals surface area contributed by atoms with Crippen LogP contribution in [0.2, 0.25) is 5.15 Å². The number of rotatable bonds is 5. The summed E-state index contributed by atoms with van der Waals surface area (Å²) in [7, 11) is 0. The summed E-state index contributed by atoms with van der Waals surface area (Å²) in [5, 5.41) is 0.485. The maximum atomic E-state index is 5.78. The first kappa shape index (κ1) is 12.7. The SMILES string of the molecule is Clc1cccc(OCCCN2CCCCC2)n1. The Bertz CT molecular complexity index is 340. The molecule has 1 aromatic heterocycles. The lowest BCUT2D eigenvalue weighted by Crippen LogP contribution is -2.31. The van der Waals surface area contributed by atoms with E-state index in [2.05, 4.69) is 9.88 Å². The summed E-state index contributed by atoms with van der Waals surface area (Å²) < 4.78 is 5.56.